The van der Waals surface area contributed by atoms with Gasteiger partial charge in [0.05, 0.1) is 18.5 Å². The van der Waals surface area contributed by atoms with Crippen LogP contribution in [0.5, 0.6) is 5.75 Å². The second-order valence-electron chi connectivity index (χ2n) is 8.34. The van der Waals surface area contributed by atoms with Crippen molar-refractivity contribution < 1.29 is 9.53 Å². The lowest BCUT2D eigenvalue weighted by Crippen LogP contribution is -2.13. The van der Waals surface area contributed by atoms with Crippen LogP contribution in [0, 0.1) is 11.3 Å². The number of ether oxygens (including phenoxy) is 1. The number of amides is 1. The summed E-state index contributed by atoms with van der Waals surface area (Å²) >= 11 is 0. The third-order valence-electron chi connectivity index (χ3n) is 5.63. The zero-order valence-corrected chi connectivity index (χ0v) is 19.9. The van der Waals surface area contributed by atoms with Crippen molar-refractivity contribution in [3.8, 4) is 28.8 Å². The number of rotatable bonds is 7. The zero-order valence-electron chi connectivity index (χ0n) is 19.9. The fourth-order valence-corrected chi connectivity index (χ4v) is 3.63. The maximum Gasteiger partial charge on any atom is 0.266 e. The van der Waals surface area contributed by atoms with E-state index in [0.29, 0.717) is 22.9 Å². The lowest BCUT2D eigenvalue weighted by Gasteiger charge is -2.08. The molecule has 6 heteroatoms. The molecule has 0 fully saturated rings. The van der Waals surface area contributed by atoms with Crippen LogP contribution in [0.1, 0.15) is 30.9 Å². The van der Waals surface area contributed by atoms with Crippen molar-refractivity contribution in [2.45, 2.75) is 19.8 Å². The van der Waals surface area contributed by atoms with Gasteiger partial charge in [-0.1, -0.05) is 44.2 Å². The van der Waals surface area contributed by atoms with Gasteiger partial charge in [0.2, 0.25) is 0 Å². The first kappa shape index (κ1) is 23.5. The molecule has 4 aromatic rings. The minimum atomic E-state index is -0.474. The Morgan fingerprint density at radius 2 is 1.71 bits per heavy atom. The molecule has 0 unspecified atom stereocenters. The standard InChI is InChI=1S/C29H26N4O2/c1-20(2)21-9-13-25(14-10-21)31-29(34)23(18-30)17-24-19-33(26-7-5-4-6-8-26)32-28(24)22-11-15-27(35-3)16-12-22/h4-17,19-20H,1-3H3,(H,31,34)/b23-17+. The molecular weight excluding hydrogens is 436 g/mol. The van der Waals surface area contributed by atoms with Gasteiger partial charge in [0.25, 0.3) is 5.91 Å². The van der Waals surface area contributed by atoms with Crippen molar-refractivity contribution in [1.82, 2.24) is 9.78 Å². The molecule has 0 radical (unpaired) electrons. The zero-order chi connectivity index (χ0) is 24.8. The van der Waals surface area contributed by atoms with E-state index < -0.39 is 5.91 Å². The van der Waals surface area contributed by atoms with Gasteiger partial charge in [0.1, 0.15) is 17.4 Å². The first-order valence-electron chi connectivity index (χ1n) is 11.3. The minimum Gasteiger partial charge on any atom is -0.497 e. The summed E-state index contributed by atoms with van der Waals surface area (Å²) in [5, 5.41) is 17.4. The van der Waals surface area contributed by atoms with E-state index in [2.05, 4.69) is 19.2 Å². The lowest BCUT2D eigenvalue weighted by atomic mass is 10.0. The summed E-state index contributed by atoms with van der Waals surface area (Å²) in [4.78, 5) is 12.9. The molecule has 174 valence electrons. The largest absolute Gasteiger partial charge is 0.497 e. The molecule has 1 heterocycles. The van der Waals surface area contributed by atoms with Gasteiger partial charge in [0.15, 0.2) is 0 Å². The Morgan fingerprint density at radius 3 is 2.31 bits per heavy atom. The van der Waals surface area contributed by atoms with E-state index in [1.165, 1.54) is 5.56 Å². The Bertz CT molecular complexity index is 1380. The lowest BCUT2D eigenvalue weighted by molar-refractivity contribution is -0.112. The Kier molecular flexibility index (Phi) is 7.08. The first-order valence-corrected chi connectivity index (χ1v) is 11.3. The Labute approximate surface area is 205 Å². The van der Waals surface area contributed by atoms with E-state index in [4.69, 9.17) is 9.84 Å². The summed E-state index contributed by atoms with van der Waals surface area (Å²) in [6.45, 7) is 4.22. The summed E-state index contributed by atoms with van der Waals surface area (Å²) in [5.41, 5.74) is 4.82. The number of para-hydroxylation sites is 1. The summed E-state index contributed by atoms with van der Waals surface area (Å²) in [7, 11) is 1.61. The van der Waals surface area contributed by atoms with Gasteiger partial charge in [-0.2, -0.15) is 10.4 Å². The van der Waals surface area contributed by atoms with Gasteiger partial charge >= 0.3 is 0 Å². The fraction of sp³-hybridized carbons (Fsp3) is 0.138. The van der Waals surface area contributed by atoms with Gasteiger partial charge < -0.3 is 10.1 Å². The van der Waals surface area contributed by atoms with Crippen LogP contribution in [0.25, 0.3) is 23.0 Å². The molecule has 3 aromatic carbocycles. The maximum atomic E-state index is 12.9. The molecule has 35 heavy (non-hydrogen) atoms. The second kappa shape index (κ2) is 10.5. The Balaban J connectivity index is 1.70. The molecule has 4 rings (SSSR count). The molecule has 1 aromatic heterocycles. The van der Waals surface area contributed by atoms with Crippen LogP contribution in [0.4, 0.5) is 5.69 Å². The highest BCUT2D eigenvalue weighted by Gasteiger charge is 2.16. The van der Waals surface area contributed by atoms with Crippen molar-refractivity contribution in [2.24, 2.45) is 0 Å². The van der Waals surface area contributed by atoms with E-state index >= 15 is 0 Å². The number of nitriles is 1. The molecule has 1 amide bonds. The molecule has 0 bridgehead atoms. The van der Waals surface area contributed by atoms with Crippen LogP contribution in [-0.4, -0.2) is 22.8 Å². The predicted molar refractivity (Wildman–Crippen MR) is 138 cm³/mol. The number of benzene rings is 3. The highest BCUT2D eigenvalue weighted by Crippen LogP contribution is 2.28. The van der Waals surface area contributed by atoms with E-state index in [9.17, 15) is 10.1 Å². The van der Waals surface area contributed by atoms with Crippen molar-refractivity contribution in [3.63, 3.8) is 0 Å². The van der Waals surface area contributed by atoms with Crippen LogP contribution >= 0.6 is 0 Å². The molecule has 0 aliphatic rings. The molecule has 0 saturated heterocycles. The van der Waals surface area contributed by atoms with E-state index in [1.54, 1.807) is 17.9 Å². The average molecular weight is 463 g/mol. The molecule has 6 nitrogen and oxygen atoms in total. The first-order chi connectivity index (χ1) is 17.0. The fourth-order valence-electron chi connectivity index (χ4n) is 3.63. The minimum absolute atomic E-state index is 0.0136. The van der Waals surface area contributed by atoms with Crippen LogP contribution in [0.3, 0.4) is 0 Å². The number of hydrogen-bond acceptors (Lipinski definition) is 4. The van der Waals surface area contributed by atoms with Crippen LogP contribution in [0.2, 0.25) is 0 Å². The molecular formula is C29H26N4O2. The van der Waals surface area contributed by atoms with E-state index in [0.717, 1.165) is 17.0 Å². The SMILES string of the molecule is COc1ccc(-c2nn(-c3ccccc3)cc2/C=C(\C#N)C(=O)Nc2ccc(C(C)C)cc2)cc1. The molecule has 0 spiro atoms. The second-order valence-corrected chi connectivity index (χ2v) is 8.34. The maximum absolute atomic E-state index is 12.9. The number of nitrogens with zero attached hydrogens (tertiary/aromatic N) is 3. The van der Waals surface area contributed by atoms with E-state index in [-0.39, 0.29) is 5.57 Å². The number of aromatic nitrogens is 2. The Morgan fingerprint density at radius 1 is 1.03 bits per heavy atom. The predicted octanol–water partition coefficient (Wildman–Crippen LogP) is 6.22. The number of carbonyl (C=O) groups excluding carboxylic acids is 1. The molecule has 0 atom stereocenters. The number of methoxy groups -OCH3 is 1. The normalized spacial score (nSPS) is 11.2. The van der Waals surface area contributed by atoms with Gasteiger partial charge in [-0.15, -0.1) is 0 Å². The highest BCUT2D eigenvalue weighted by atomic mass is 16.5. The molecule has 0 aliphatic heterocycles. The number of hydrogen-bond donors (Lipinski definition) is 1. The van der Waals surface area contributed by atoms with E-state index in [1.807, 2.05) is 91.1 Å². The third kappa shape index (κ3) is 5.48. The topological polar surface area (TPSA) is 79.9 Å². The highest BCUT2D eigenvalue weighted by molar-refractivity contribution is 6.10. The van der Waals surface area contributed by atoms with Crippen LogP contribution < -0.4 is 10.1 Å². The number of nitrogens with one attached hydrogen (secondary N) is 1. The summed E-state index contributed by atoms with van der Waals surface area (Å²) in [5.74, 6) is 0.652. The van der Waals surface area contributed by atoms with Crippen molar-refractivity contribution in [1.29, 1.82) is 5.26 Å². The van der Waals surface area contributed by atoms with Crippen molar-refractivity contribution in [2.75, 3.05) is 12.4 Å². The van der Waals surface area contributed by atoms with Crippen molar-refractivity contribution in [3.05, 3.63) is 102 Å². The van der Waals surface area contributed by atoms with Gasteiger partial charge in [0, 0.05) is 23.0 Å². The third-order valence-corrected chi connectivity index (χ3v) is 5.63. The molecule has 0 saturated carbocycles. The van der Waals surface area contributed by atoms with Crippen LogP contribution in [0.15, 0.2) is 90.6 Å². The summed E-state index contributed by atoms with van der Waals surface area (Å²) in [6.07, 6.45) is 3.39. The number of carbonyl (C=O) groups is 1. The quantitative estimate of drug-likeness (QED) is 0.261. The van der Waals surface area contributed by atoms with Crippen LogP contribution in [-0.2, 0) is 4.79 Å². The average Bonchev–Trinajstić information content (AvgIpc) is 3.32. The smallest absolute Gasteiger partial charge is 0.266 e. The summed E-state index contributed by atoms with van der Waals surface area (Å²) < 4.78 is 7.01. The number of anilines is 1. The van der Waals surface area contributed by atoms with Gasteiger partial charge in [-0.05, 0) is 66.1 Å². The summed E-state index contributed by atoms with van der Waals surface area (Å²) in [6, 6.07) is 26.9. The Hall–Kier alpha value is -4.63. The van der Waals surface area contributed by atoms with Crippen molar-refractivity contribution >= 4 is 17.7 Å². The monoisotopic (exact) mass is 462 g/mol. The molecule has 1 N–H and O–H groups in total. The van der Waals surface area contributed by atoms with Gasteiger partial charge in [-0.3, -0.25) is 4.79 Å². The van der Waals surface area contributed by atoms with Gasteiger partial charge in [-0.25, -0.2) is 4.68 Å². The molecule has 0 aliphatic carbocycles.